The Morgan fingerprint density at radius 2 is 2.00 bits per heavy atom. The molecule has 1 unspecified atom stereocenters. The van der Waals surface area contributed by atoms with Crippen molar-refractivity contribution in [3.8, 4) is 0 Å². The van der Waals surface area contributed by atoms with E-state index in [-0.39, 0.29) is 0 Å². The highest BCUT2D eigenvalue weighted by atomic mass is 35.5. The average molecular weight is 281 g/mol. The van der Waals surface area contributed by atoms with Crippen molar-refractivity contribution >= 4 is 11.6 Å². The fraction of sp³-hybridized carbons (Fsp3) is 0.625. The zero-order valence-electron chi connectivity index (χ0n) is 12.0. The molecule has 0 saturated carbocycles. The molecule has 1 atom stereocenters. The second-order valence-corrected chi connectivity index (χ2v) is 5.98. The lowest BCUT2D eigenvalue weighted by Crippen LogP contribution is -2.36. The molecule has 0 aromatic heterocycles. The Hall–Kier alpha value is -0.570. The fourth-order valence-electron chi connectivity index (χ4n) is 2.99. The quantitative estimate of drug-likeness (QED) is 0.884. The molecule has 1 N–H and O–H groups in total. The third-order valence-corrected chi connectivity index (χ3v) is 4.70. The summed E-state index contributed by atoms with van der Waals surface area (Å²) in [5.41, 5.74) is 1.26. The van der Waals surface area contributed by atoms with E-state index in [0.29, 0.717) is 6.04 Å². The van der Waals surface area contributed by atoms with Gasteiger partial charge >= 0.3 is 0 Å². The summed E-state index contributed by atoms with van der Waals surface area (Å²) in [6, 6.07) is 8.66. The molecule has 1 saturated heterocycles. The van der Waals surface area contributed by atoms with Crippen LogP contribution in [0.1, 0.15) is 37.8 Å². The Morgan fingerprint density at radius 1 is 1.32 bits per heavy atom. The predicted octanol–water partition coefficient (Wildman–Crippen LogP) is 3.72. The van der Waals surface area contributed by atoms with E-state index in [4.69, 9.17) is 11.6 Å². The maximum atomic E-state index is 6.30. The molecule has 106 valence electrons. The van der Waals surface area contributed by atoms with Crippen molar-refractivity contribution in [3.05, 3.63) is 34.9 Å². The third kappa shape index (κ3) is 3.95. The van der Waals surface area contributed by atoms with E-state index in [1.54, 1.807) is 0 Å². The van der Waals surface area contributed by atoms with Gasteiger partial charge in [0.05, 0.1) is 0 Å². The lowest BCUT2D eigenvalue weighted by molar-refractivity contribution is 0.137. The van der Waals surface area contributed by atoms with Gasteiger partial charge in [-0.05, 0) is 70.4 Å². The molecule has 0 bridgehead atoms. The van der Waals surface area contributed by atoms with Crippen LogP contribution in [0.15, 0.2) is 24.3 Å². The molecule has 1 aromatic rings. The Kier molecular flexibility index (Phi) is 5.68. The molecule has 1 aromatic carbocycles. The summed E-state index contributed by atoms with van der Waals surface area (Å²) >= 11 is 6.30. The first-order chi connectivity index (χ1) is 9.22. The lowest BCUT2D eigenvalue weighted by atomic mass is 9.92. The SMILES string of the molecule is CNCCC1CCN(C(C)c2ccccc2Cl)CC1. The molecule has 0 spiro atoms. The van der Waals surface area contributed by atoms with Crippen LogP contribution < -0.4 is 5.32 Å². The summed E-state index contributed by atoms with van der Waals surface area (Å²) in [5.74, 6) is 0.891. The van der Waals surface area contributed by atoms with Crippen LogP contribution in [0.4, 0.5) is 0 Å². The Labute approximate surface area is 122 Å². The summed E-state index contributed by atoms with van der Waals surface area (Å²) in [5, 5.41) is 4.15. The number of benzene rings is 1. The van der Waals surface area contributed by atoms with Gasteiger partial charge in [-0.15, -0.1) is 0 Å². The maximum Gasteiger partial charge on any atom is 0.0453 e. The highest BCUT2D eigenvalue weighted by Gasteiger charge is 2.24. The van der Waals surface area contributed by atoms with Crippen molar-refractivity contribution < 1.29 is 0 Å². The van der Waals surface area contributed by atoms with Crippen LogP contribution in [0.25, 0.3) is 0 Å². The largest absolute Gasteiger partial charge is 0.320 e. The first-order valence-electron chi connectivity index (χ1n) is 7.35. The maximum absolute atomic E-state index is 6.30. The van der Waals surface area contributed by atoms with E-state index in [1.807, 2.05) is 19.2 Å². The van der Waals surface area contributed by atoms with E-state index in [1.165, 1.54) is 37.9 Å². The van der Waals surface area contributed by atoms with Crippen LogP contribution in [-0.4, -0.2) is 31.6 Å². The van der Waals surface area contributed by atoms with E-state index in [0.717, 1.165) is 17.5 Å². The third-order valence-electron chi connectivity index (χ3n) is 4.35. The minimum Gasteiger partial charge on any atom is -0.320 e. The Balaban J connectivity index is 1.89. The van der Waals surface area contributed by atoms with Gasteiger partial charge in [0, 0.05) is 11.1 Å². The first kappa shape index (κ1) is 14.8. The highest BCUT2D eigenvalue weighted by molar-refractivity contribution is 6.31. The van der Waals surface area contributed by atoms with E-state index < -0.39 is 0 Å². The molecule has 19 heavy (non-hydrogen) atoms. The minimum atomic E-state index is 0.430. The molecule has 3 heteroatoms. The van der Waals surface area contributed by atoms with Gasteiger partial charge in [-0.25, -0.2) is 0 Å². The smallest absolute Gasteiger partial charge is 0.0453 e. The topological polar surface area (TPSA) is 15.3 Å². The van der Waals surface area contributed by atoms with Crippen molar-refractivity contribution in [1.82, 2.24) is 10.2 Å². The molecule has 1 aliphatic heterocycles. The van der Waals surface area contributed by atoms with Gasteiger partial charge in [-0.2, -0.15) is 0 Å². The summed E-state index contributed by atoms with van der Waals surface area (Å²) in [7, 11) is 2.04. The van der Waals surface area contributed by atoms with Gasteiger partial charge < -0.3 is 5.32 Å². The Morgan fingerprint density at radius 3 is 2.63 bits per heavy atom. The lowest BCUT2D eigenvalue weighted by Gasteiger charge is -2.36. The summed E-state index contributed by atoms with van der Waals surface area (Å²) in [6.07, 6.45) is 3.94. The van der Waals surface area contributed by atoms with Crippen molar-refractivity contribution in [2.75, 3.05) is 26.7 Å². The molecule has 2 rings (SSSR count). The number of likely N-dealkylation sites (tertiary alicyclic amines) is 1. The number of piperidine rings is 1. The van der Waals surface area contributed by atoms with Crippen molar-refractivity contribution in [2.45, 2.75) is 32.2 Å². The molecule has 0 amide bonds. The molecule has 1 fully saturated rings. The predicted molar refractivity (Wildman–Crippen MR) is 82.7 cm³/mol. The van der Waals surface area contributed by atoms with Crippen molar-refractivity contribution in [3.63, 3.8) is 0 Å². The molecule has 0 radical (unpaired) electrons. The zero-order valence-corrected chi connectivity index (χ0v) is 12.8. The standard InChI is InChI=1S/C16H25ClN2/c1-13(15-5-3-4-6-16(15)17)19-11-8-14(9-12-19)7-10-18-2/h3-6,13-14,18H,7-12H2,1-2H3. The fourth-order valence-corrected chi connectivity index (χ4v) is 3.28. The van der Waals surface area contributed by atoms with Gasteiger partial charge in [0.1, 0.15) is 0 Å². The van der Waals surface area contributed by atoms with Gasteiger partial charge in [0.15, 0.2) is 0 Å². The van der Waals surface area contributed by atoms with Crippen LogP contribution in [0, 0.1) is 5.92 Å². The van der Waals surface area contributed by atoms with Gasteiger partial charge in [-0.1, -0.05) is 29.8 Å². The molecule has 1 aliphatic rings. The zero-order chi connectivity index (χ0) is 13.7. The van der Waals surface area contributed by atoms with Gasteiger partial charge in [0.2, 0.25) is 0 Å². The molecular formula is C16H25ClN2. The van der Waals surface area contributed by atoms with Crippen LogP contribution in [-0.2, 0) is 0 Å². The number of rotatable bonds is 5. The van der Waals surface area contributed by atoms with Crippen molar-refractivity contribution in [1.29, 1.82) is 0 Å². The number of nitrogens with one attached hydrogen (secondary N) is 1. The van der Waals surface area contributed by atoms with Crippen LogP contribution in [0.3, 0.4) is 0 Å². The number of hydrogen-bond acceptors (Lipinski definition) is 2. The van der Waals surface area contributed by atoms with Crippen LogP contribution in [0.5, 0.6) is 0 Å². The molecule has 0 aliphatic carbocycles. The monoisotopic (exact) mass is 280 g/mol. The molecule has 2 nitrogen and oxygen atoms in total. The number of hydrogen-bond donors (Lipinski definition) is 1. The van der Waals surface area contributed by atoms with Gasteiger partial charge in [0.25, 0.3) is 0 Å². The molecule has 1 heterocycles. The van der Waals surface area contributed by atoms with E-state index in [9.17, 15) is 0 Å². The van der Waals surface area contributed by atoms with Crippen LogP contribution >= 0.6 is 11.6 Å². The number of halogens is 1. The summed E-state index contributed by atoms with van der Waals surface area (Å²) < 4.78 is 0. The number of nitrogens with zero attached hydrogens (tertiary/aromatic N) is 1. The van der Waals surface area contributed by atoms with Crippen molar-refractivity contribution in [2.24, 2.45) is 5.92 Å². The minimum absolute atomic E-state index is 0.430. The van der Waals surface area contributed by atoms with E-state index in [2.05, 4.69) is 29.3 Å². The van der Waals surface area contributed by atoms with Gasteiger partial charge in [-0.3, -0.25) is 4.90 Å². The second-order valence-electron chi connectivity index (χ2n) is 5.57. The molecular weight excluding hydrogens is 256 g/mol. The summed E-state index contributed by atoms with van der Waals surface area (Å²) in [6.45, 7) is 5.81. The average Bonchev–Trinajstić information content (AvgIpc) is 2.45. The first-order valence-corrected chi connectivity index (χ1v) is 7.73. The Bertz CT molecular complexity index is 386. The second kappa shape index (κ2) is 7.28. The van der Waals surface area contributed by atoms with Crippen LogP contribution in [0.2, 0.25) is 5.02 Å². The highest BCUT2D eigenvalue weighted by Crippen LogP contribution is 2.31. The summed E-state index contributed by atoms with van der Waals surface area (Å²) in [4.78, 5) is 2.57. The van der Waals surface area contributed by atoms with E-state index >= 15 is 0 Å². The normalized spacial score (nSPS) is 19.5.